The molecule has 0 unspecified atom stereocenters. The second kappa shape index (κ2) is 4.24. The molecule has 0 aliphatic heterocycles. The number of hydrogen-bond acceptors (Lipinski definition) is 1. The van der Waals surface area contributed by atoms with E-state index in [-0.39, 0.29) is 0 Å². The number of rotatable bonds is 1. The molecule has 0 heterocycles. The highest BCUT2D eigenvalue weighted by Crippen LogP contribution is 2.18. The van der Waals surface area contributed by atoms with Gasteiger partial charge in [-0.05, 0) is 29.1 Å². The molecule has 68 valence electrons. The zero-order valence-corrected chi connectivity index (χ0v) is 7.25. The van der Waals surface area contributed by atoms with Crippen LogP contribution in [0.15, 0.2) is 35.2 Å². The van der Waals surface area contributed by atoms with Gasteiger partial charge in [-0.1, -0.05) is 18.2 Å². The third-order valence-corrected chi connectivity index (χ3v) is 1.82. The first kappa shape index (κ1) is 10.0. The Bertz CT molecular complexity index is 318. The van der Waals surface area contributed by atoms with Crippen molar-refractivity contribution in [3.8, 4) is 11.2 Å². The number of alkyl halides is 3. The summed E-state index contributed by atoms with van der Waals surface area (Å²) in [5.41, 5.74) is 0. The van der Waals surface area contributed by atoms with Crippen molar-refractivity contribution >= 4 is 11.8 Å². The zero-order valence-electron chi connectivity index (χ0n) is 6.43. The third kappa shape index (κ3) is 4.48. The maximum Gasteiger partial charge on any atom is 0.458 e. The molecule has 0 bridgehead atoms. The molecule has 0 radical (unpaired) electrons. The number of benzene rings is 1. The highest BCUT2D eigenvalue weighted by molar-refractivity contribution is 8.03. The van der Waals surface area contributed by atoms with Gasteiger partial charge in [0.2, 0.25) is 0 Å². The van der Waals surface area contributed by atoms with Gasteiger partial charge in [-0.15, -0.1) is 0 Å². The quantitative estimate of drug-likeness (QED) is 0.497. The predicted molar refractivity (Wildman–Crippen MR) is 46.1 cm³/mol. The van der Waals surface area contributed by atoms with Crippen LogP contribution in [0.4, 0.5) is 13.2 Å². The van der Waals surface area contributed by atoms with Gasteiger partial charge >= 0.3 is 6.18 Å². The molecule has 0 atom stereocenters. The van der Waals surface area contributed by atoms with Gasteiger partial charge in [0.25, 0.3) is 0 Å². The van der Waals surface area contributed by atoms with Crippen LogP contribution in [0.25, 0.3) is 0 Å². The second-order valence-corrected chi connectivity index (χ2v) is 3.02. The summed E-state index contributed by atoms with van der Waals surface area (Å²) in [5, 5.41) is 1.98. The van der Waals surface area contributed by atoms with Gasteiger partial charge in [-0.2, -0.15) is 13.2 Å². The van der Waals surface area contributed by atoms with Gasteiger partial charge in [0, 0.05) is 10.8 Å². The molecule has 0 saturated carbocycles. The first-order valence-corrected chi connectivity index (χ1v) is 4.20. The van der Waals surface area contributed by atoms with E-state index in [1.54, 1.807) is 30.3 Å². The molecule has 0 aromatic heterocycles. The Morgan fingerprint density at radius 2 is 1.69 bits per heavy atom. The topological polar surface area (TPSA) is 0 Å². The van der Waals surface area contributed by atoms with E-state index >= 15 is 0 Å². The van der Waals surface area contributed by atoms with Crippen LogP contribution < -0.4 is 0 Å². The molecule has 0 nitrogen and oxygen atoms in total. The predicted octanol–water partition coefficient (Wildman–Crippen LogP) is 3.30. The lowest BCUT2D eigenvalue weighted by atomic mass is 10.4. The molecule has 0 saturated heterocycles. The Balaban J connectivity index is 2.56. The average Bonchev–Trinajstić information content (AvgIpc) is 2.04. The highest BCUT2D eigenvalue weighted by Gasteiger charge is 2.22. The molecule has 0 amide bonds. The lowest BCUT2D eigenvalue weighted by Crippen LogP contribution is -2.00. The van der Waals surface area contributed by atoms with Gasteiger partial charge in [-0.3, -0.25) is 0 Å². The van der Waals surface area contributed by atoms with E-state index in [2.05, 4.69) is 0 Å². The van der Waals surface area contributed by atoms with Crippen LogP contribution in [0.3, 0.4) is 0 Å². The molecule has 1 rings (SSSR count). The molecule has 0 spiro atoms. The third-order valence-electron chi connectivity index (χ3n) is 1.10. The highest BCUT2D eigenvalue weighted by atomic mass is 32.2. The molecule has 0 N–H and O–H groups in total. The Kier molecular flexibility index (Phi) is 3.26. The van der Waals surface area contributed by atoms with Crippen LogP contribution in [0.1, 0.15) is 0 Å². The Labute approximate surface area is 78.1 Å². The average molecular weight is 202 g/mol. The van der Waals surface area contributed by atoms with Crippen molar-refractivity contribution < 1.29 is 13.2 Å². The Hall–Kier alpha value is -1.08. The van der Waals surface area contributed by atoms with E-state index in [1.165, 1.54) is 5.92 Å². The van der Waals surface area contributed by atoms with E-state index in [0.29, 0.717) is 4.90 Å². The summed E-state index contributed by atoms with van der Waals surface area (Å²) < 4.78 is 34.7. The van der Waals surface area contributed by atoms with E-state index in [1.807, 2.05) is 5.25 Å². The zero-order chi connectivity index (χ0) is 9.73. The minimum Gasteiger partial charge on any atom is -0.159 e. The van der Waals surface area contributed by atoms with Crippen LogP contribution in [0, 0.1) is 11.2 Å². The van der Waals surface area contributed by atoms with Crippen molar-refractivity contribution in [3.05, 3.63) is 30.3 Å². The van der Waals surface area contributed by atoms with Crippen molar-refractivity contribution in [1.82, 2.24) is 0 Å². The first-order valence-electron chi connectivity index (χ1n) is 3.39. The van der Waals surface area contributed by atoms with Crippen molar-refractivity contribution in [2.24, 2.45) is 0 Å². The SMILES string of the molecule is FC(F)(F)C#CSc1ccccc1. The molecule has 1 aromatic carbocycles. The molecule has 13 heavy (non-hydrogen) atoms. The minimum atomic E-state index is -4.40. The van der Waals surface area contributed by atoms with Gasteiger partial charge in [0.15, 0.2) is 0 Å². The number of halogens is 3. The van der Waals surface area contributed by atoms with Crippen LogP contribution in [0.2, 0.25) is 0 Å². The smallest absolute Gasteiger partial charge is 0.159 e. The Morgan fingerprint density at radius 3 is 2.23 bits per heavy atom. The van der Waals surface area contributed by atoms with Gasteiger partial charge in [0.05, 0.1) is 0 Å². The van der Waals surface area contributed by atoms with Crippen LogP contribution in [-0.4, -0.2) is 6.18 Å². The maximum atomic E-state index is 11.6. The molecular weight excluding hydrogens is 197 g/mol. The number of thioether (sulfide) groups is 1. The fourth-order valence-electron chi connectivity index (χ4n) is 0.631. The molecule has 0 aliphatic rings. The van der Waals surface area contributed by atoms with Crippen molar-refractivity contribution in [3.63, 3.8) is 0 Å². The van der Waals surface area contributed by atoms with Crippen molar-refractivity contribution in [1.29, 1.82) is 0 Å². The van der Waals surface area contributed by atoms with Gasteiger partial charge < -0.3 is 0 Å². The molecule has 0 aliphatic carbocycles. The molecule has 4 heteroatoms. The maximum absolute atomic E-state index is 11.6. The summed E-state index contributed by atoms with van der Waals surface area (Å²) in [6.45, 7) is 0. The molecule has 0 fully saturated rings. The molecule has 1 aromatic rings. The van der Waals surface area contributed by atoms with Gasteiger partial charge in [-0.25, -0.2) is 0 Å². The van der Waals surface area contributed by atoms with E-state index in [0.717, 1.165) is 11.8 Å². The van der Waals surface area contributed by atoms with Crippen molar-refractivity contribution in [2.45, 2.75) is 11.1 Å². The van der Waals surface area contributed by atoms with Crippen LogP contribution in [-0.2, 0) is 0 Å². The summed E-state index contributed by atoms with van der Waals surface area (Å²) in [7, 11) is 0. The van der Waals surface area contributed by atoms with E-state index < -0.39 is 6.18 Å². The van der Waals surface area contributed by atoms with E-state index in [4.69, 9.17) is 0 Å². The standard InChI is InChI=1S/C9H5F3S/c10-9(11,12)6-7-13-8-4-2-1-3-5-8/h1-5H. The monoisotopic (exact) mass is 202 g/mol. The lowest BCUT2D eigenvalue weighted by molar-refractivity contribution is -0.0695. The second-order valence-electron chi connectivity index (χ2n) is 2.14. The first-order chi connectivity index (χ1) is 6.08. The van der Waals surface area contributed by atoms with E-state index in [9.17, 15) is 13.2 Å². The molecular formula is C9H5F3S. The minimum absolute atomic E-state index is 0.708. The fraction of sp³-hybridized carbons (Fsp3) is 0.111. The summed E-state index contributed by atoms with van der Waals surface area (Å²) in [6, 6.07) is 8.70. The lowest BCUT2D eigenvalue weighted by Gasteiger charge is -1.93. The summed E-state index contributed by atoms with van der Waals surface area (Å²) in [6.07, 6.45) is -4.40. The van der Waals surface area contributed by atoms with Crippen LogP contribution >= 0.6 is 11.8 Å². The largest absolute Gasteiger partial charge is 0.458 e. The van der Waals surface area contributed by atoms with Gasteiger partial charge in [0.1, 0.15) is 0 Å². The normalized spacial score (nSPS) is 10.4. The summed E-state index contributed by atoms with van der Waals surface area (Å²) in [4.78, 5) is 0.708. The summed E-state index contributed by atoms with van der Waals surface area (Å²) in [5.74, 6) is 1.18. The van der Waals surface area contributed by atoms with Crippen molar-refractivity contribution in [2.75, 3.05) is 0 Å². The Morgan fingerprint density at radius 1 is 1.08 bits per heavy atom. The summed E-state index contributed by atoms with van der Waals surface area (Å²) >= 11 is 0.866. The number of hydrogen-bond donors (Lipinski definition) is 0. The fourth-order valence-corrected chi connectivity index (χ4v) is 1.21. The van der Waals surface area contributed by atoms with Crippen LogP contribution in [0.5, 0.6) is 0 Å².